The van der Waals surface area contributed by atoms with E-state index in [0.717, 1.165) is 6.07 Å². The normalized spacial score (nSPS) is 11.5. The van der Waals surface area contributed by atoms with Crippen molar-refractivity contribution in [2.45, 2.75) is 6.10 Å². The van der Waals surface area contributed by atoms with Gasteiger partial charge in [0.05, 0.1) is 12.7 Å². The summed E-state index contributed by atoms with van der Waals surface area (Å²) in [6.07, 6.45) is -1.10. The van der Waals surface area contributed by atoms with Crippen molar-refractivity contribution >= 4 is 11.9 Å². The molecule has 0 spiro atoms. The zero-order valence-corrected chi connectivity index (χ0v) is 13.7. The Bertz CT molecular complexity index is 731. The molecule has 0 aliphatic rings. The van der Waals surface area contributed by atoms with Crippen LogP contribution >= 0.6 is 0 Å². The van der Waals surface area contributed by atoms with E-state index < -0.39 is 17.9 Å². The van der Waals surface area contributed by atoms with E-state index in [4.69, 9.17) is 9.47 Å². The number of rotatable bonds is 5. The maximum absolute atomic E-state index is 13.8. The molecule has 2 aromatic rings. The van der Waals surface area contributed by atoms with Gasteiger partial charge in [-0.25, -0.2) is 9.18 Å². The molecule has 0 aromatic heterocycles. The van der Waals surface area contributed by atoms with Crippen LogP contribution in [0.4, 0.5) is 4.39 Å². The Kier molecular flexibility index (Phi) is 5.52. The van der Waals surface area contributed by atoms with E-state index in [-0.39, 0.29) is 17.2 Å². The minimum atomic E-state index is -1.10. The van der Waals surface area contributed by atoms with E-state index in [1.807, 2.05) is 0 Å². The lowest BCUT2D eigenvalue weighted by Gasteiger charge is -2.21. The molecule has 0 unspecified atom stereocenters. The molecule has 1 atom stereocenters. The van der Waals surface area contributed by atoms with E-state index in [1.165, 1.54) is 24.1 Å². The monoisotopic (exact) mass is 331 g/mol. The highest BCUT2D eigenvalue weighted by Gasteiger charge is 2.27. The van der Waals surface area contributed by atoms with E-state index >= 15 is 0 Å². The van der Waals surface area contributed by atoms with Crippen molar-refractivity contribution in [3.63, 3.8) is 0 Å². The van der Waals surface area contributed by atoms with Crippen molar-refractivity contribution < 1.29 is 23.5 Å². The van der Waals surface area contributed by atoms with Crippen LogP contribution in [0.2, 0.25) is 0 Å². The molecular weight excluding hydrogens is 313 g/mol. The van der Waals surface area contributed by atoms with E-state index in [2.05, 4.69) is 0 Å². The average Bonchev–Trinajstić information content (AvgIpc) is 2.59. The number of esters is 1. The Morgan fingerprint density at radius 3 is 2.29 bits per heavy atom. The van der Waals surface area contributed by atoms with Crippen LogP contribution in [-0.4, -0.2) is 38.0 Å². The van der Waals surface area contributed by atoms with Crippen LogP contribution in [0.5, 0.6) is 5.75 Å². The summed E-state index contributed by atoms with van der Waals surface area (Å²) >= 11 is 0. The maximum Gasteiger partial charge on any atom is 0.339 e. The molecule has 24 heavy (non-hydrogen) atoms. The molecule has 0 aliphatic carbocycles. The van der Waals surface area contributed by atoms with Gasteiger partial charge in [0.25, 0.3) is 5.91 Å². The quantitative estimate of drug-likeness (QED) is 0.791. The fraction of sp³-hybridized carbons (Fsp3) is 0.222. The van der Waals surface area contributed by atoms with Crippen LogP contribution in [0.1, 0.15) is 22.0 Å². The lowest BCUT2D eigenvalue weighted by atomic mass is 10.1. The van der Waals surface area contributed by atoms with Gasteiger partial charge in [0.15, 0.2) is 11.6 Å². The van der Waals surface area contributed by atoms with Gasteiger partial charge in [0.1, 0.15) is 0 Å². The number of ether oxygens (including phenoxy) is 2. The molecular formula is C18H18FNO4. The van der Waals surface area contributed by atoms with E-state index in [1.54, 1.807) is 44.4 Å². The van der Waals surface area contributed by atoms with Gasteiger partial charge in [-0.3, -0.25) is 4.79 Å². The summed E-state index contributed by atoms with van der Waals surface area (Å²) in [7, 11) is 4.47. The first-order valence-corrected chi connectivity index (χ1v) is 7.24. The van der Waals surface area contributed by atoms with Crippen LogP contribution in [0.25, 0.3) is 0 Å². The summed E-state index contributed by atoms with van der Waals surface area (Å²) < 4.78 is 23.9. The Labute approximate surface area is 139 Å². The number of hydrogen-bond acceptors (Lipinski definition) is 4. The highest BCUT2D eigenvalue weighted by atomic mass is 19.1. The van der Waals surface area contributed by atoms with Gasteiger partial charge < -0.3 is 14.4 Å². The van der Waals surface area contributed by atoms with Gasteiger partial charge in [0, 0.05) is 19.7 Å². The molecule has 2 aromatic carbocycles. The minimum absolute atomic E-state index is 0.000729. The fourth-order valence-corrected chi connectivity index (χ4v) is 2.09. The van der Waals surface area contributed by atoms with Crippen LogP contribution in [0.3, 0.4) is 0 Å². The van der Waals surface area contributed by atoms with Crippen molar-refractivity contribution in [2.24, 2.45) is 0 Å². The first-order chi connectivity index (χ1) is 11.4. The van der Waals surface area contributed by atoms with Crippen LogP contribution < -0.4 is 4.74 Å². The second-order valence-corrected chi connectivity index (χ2v) is 5.28. The molecule has 0 aliphatic heterocycles. The fourth-order valence-electron chi connectivity index (χ4n) is 2.09. The molecule has 6 heteroatoms. The Balaban J connectivity index is 2.27. The van der Waals surface area contributed by atoms with Crippen LogP contribution in [-0.2, 0) is 9.53 Å². The van der Waals surface area contributed by atoms with E-state index in [0.29, 0.717) is 5.56 Å². The maximum atomic E-state index is 13.8. The Hall–Kier alpha value is -2.89. The van der Waals surface area contributed by atoms with Crippen molar-refractivity contribution in [3.8, 4) is 5.75 Å². The second-order valence-electron chi connectivity index (χ2n) is 5.28. The van der Waals surface area contributed by atoms with Gasteiger partial charge in [-0.05, 0) is 18.2 Å². The molecule has 1 amide bonds. The number of amides is 1. The summed E-state index contributed by atoms with van der Waals surface area (Å²) in [4.78, 5) is 26.0. The molecule has 0 saturated carbocycles. The van der Waals surface area contributed by atoms with Gasteiger partial charge in [-0.15, -0.1) is 0 Å². The predicted molar refractivity (Wildman–Crippen MR) is 86.2 cm³/mol. The minimum Gasteiger partial charge on any atom is -0.494 e. The standard InChI is InChI=1S/C18H18FNO4/c1-20(2)17(21)16(12-7-5-4-6-8-12)24-18(22)13-9-10-15(23-3)14(19)11-13/h4-11,16H,1-3H3/t16-/m1/s1. The highest BCUT2D eigenvalue weighted by molar-refractivity contribution is 5.92. The first-order valence-electron chi connectivity index (χ1n) is 7.24. The topological polar surface area (TPSA) is 55.8 Å². The number of nitrogens with zero attached hydrogens (tertiary/aromatic N) is 1. The molecule has 0 N–H and O–H groups in total. The first kappa shape index (κ1) is 17.5. The van der Waals surface area contributed by atoms with E-state index in [9.17, 15) is 14.0 Å². The molecule has 0 bridgehead atoms. The smallest absolute Gasteiger partial charge is 0.339 e. The number of methoxy groups -OCH3 is 1. The average molecular weight is 331 g/mol. The van der Waals surface area contributed by atoms with Crippen molar-refractivity contribution in [3.05, 3.63) is 65.5 Å². The zero-order chi connectivity index (χ0) is 17.7. The zero-order valence-electron chi connectivity index (χ0n) is 13.7. The number of likely N-dealkylation sites (N-methyl/N-ethyl adjacent to an activating group) is 1. The summed E-state index contributed by atoms with van der Waals surface area (Å²) in [6.45, 7) is 0. The number of benzene rings is 2. The summed E-state index contributed by atoms with van der Waals surface area (Å²) in [5.74, 6) is -1.83. The molecule has 126 valence electrons. The van der Waals surface area contributed by atoms with Gasteiger partial charge in [0.2, 0.25) is 6.10 Å². The lowest BCUT2D eigenvalue weighted by molar-refractivity contribution is -0.138. The van der Waals surface area contributed by atoms with Crippen LogP contribution in [0.15, 0.2) is 48.5 Å². The molecule has 0 radical (unpaired) electrons. The van der Waals surface area contributed by atoms with Crippen molar-refractivity contribution in [2.75, 3.05) is 21.2 Å². The Morgan fingerprint density at radius 1 is 1.08 bits per heavy atom. The third-order valence-corrected chi connectivity index (χ3v) is 3.38. The summed E-state index contributed by atoms with van der Waals surface area (Å²) in [5, 5.41) is 0. The third kappa shape index (κ3) is 3.90. The number of hydrogen-bond donors (Lipinski definition) is 0. The van der Waals surface area contributed by atoms with Crippen molar-refractivity contribution in [1.82, 2.24) is 4.90 Å². The SMILES string of the molecule is COc1ccc(C(=O)O[C@@H](C(=O)N(C)C)c2ccccc2)cc1F. The van der Waals surface area contributed by atoms with Gasteiger partial charge in [-0.1, -0.05) is 30.3 Å². The lowest BCUT2D eigenvalue weighted by Crippen LogP contribution is -2.31. The molecule has 0 saturated heterocycles. The molecule has 0 fully saturated rings. The van der Waals surface area contributed by atoms with Crippen molar-refractivity contribution in [1.29, 1.82) is 0 Å². The predicted octanol–water partition coefficient (Wildman–Crippen LogP) is 2.82. The van der Waals surface area contributed by atoms with Crippen LogP contribution in [0, 0.1) is 5.82 Å². The third-order valence-electron chi connectivity index (χ3n) is 3.38. The molecule has 2 rings (SSSR count). The molecule has 0 heterocycles. The summed E-state index contributed by atoms with van der Waals surface area (Å²) in [5.41, 5.74) is 0.541. The second kappa shape index (κ2) is 7.59. The number of halogens is 1. The molecule has 5 nitrogen and oxygen atoms in total. The highest BCUT2D eigenvalue weighted by Crippen LogP contribution is 2.23. The van der Waals surface area contributed by atoms with Gasteiger partial charge >= 0.3 is 5.97 Å². The van der Waals surface area contributed by atoms with Gasteiger partial charge in [-0.2, -0.15) is 0 Å². The largest absolute Gasteiger partial charge is 0.494 e. The Morgan fingerprint density at radius 2 is 1.75 bits per heavy atom. The number of carbonyl (C=O) groups excluding carboxylic acids is 2. The number of carbonyl (C=O) groups is 2. The summed E-state index contributed by atoms with van der Waals surface area (Å²) in [6, 6.07) is 12.4.